The van der Waals surface area contributed by atoms with Gasteiger partial charge in [-0.3, -0.25) is 9.78 Å². The fourth-order valence-corrected chi connectivity index (χ4v) is 5.68. The van der Waals surface area contributed by atoms with Gasteiger partial charge < -0.3 is 5.32 Å². The first-order valence-electron chi connectivity index (χ1n) is 10.8. The highest BCUT2D eigenvalue weighted by Gasteiger charge is 2.60. The molecule has 3 aliphatic rings. The second-order valence-electron chi connectivity index (χ2n) is 9.30. The van der Waals surface area contributed by atoms with Crippen LogP contribution in [0.5, 0.6) is 0 Å². The number of allylic oxidation sites excluding steroid dienone is 1. The van der Waals surface area contributed by atoms with E-state index in [2.05, 4.69) is 27.4 Å². The predicted octanol–water partition coefficient (Wildman–Crippen LogP) is 4.58. The summed E-state index contributed by atoms with van der Waals surface area (Å²) >= 11 is 5.17. The molecule has 152 valence electrons. The number of hydrogen-bond donors (Lipinski definition) is 2. The number of aromatic nitrogens is 2. The molecule has 5 rings (SSSR count). The zero-order valence-corrected chi connectivity index (χ0v) is 18.2. The summed E-state index contributed by atoms with van der Waals surface area (Å²) in [7, 11) is 6.13. The molecule has 1 spiro atoms. The molecule has 0 unspecified atom stereocenters. The van der Waals surface area contributed by atoms with E-state index in [-0.39, 0.29) is 22.0 Å². The van der Waals surface area contributed by atoms with Gasteiger partial charge in [0.15, 0.2) is 0 Å². The van der Waals surface area contributed by atoms with E-state index in [9.17, 15) is 4.79 Å². The van der Waals surface area contributed by atoms with Gasteiger partial charge in [-0.25, -0.2) is 4.98 Å². The molecule has 2 aromatic rings. The predicted molar refractivity (Wildman–Crippen MR) is 124 cm³/mol. The Hall–Kier alpha value is -2.08. The molecule has 2 radical (unpaired) electrons. The molecule has 1 atom stereocenters. The van der Waals surface area contributed by atoms with E-state index in [1.807, 2.05) is 25.3 Å². The number of thiol groups is 1. The van der Waals surface area contributed by atoms with E-state index >= 15 is 0 Å². The number of hydrogen-bond acceptors (Lipinski definition) is 4. The van der Waals surface area contributed by atoms with Crippen molar-refractivity contribution in [2.24, 2.45) is 11.3 Å². The molecule has 2 heterocycles. The third-order valence-corrected chi connectivity index (χ3v) is 7.98. The number of aryl methyl sites for hydroxylation is 2. The molecular weight excluding hydrogens is 389 g/mol. The molecule has 2 saturated carbocycles. The number of anilines is 1. The summed E-state index contributed by atoms with van der Waals surface area (Å²) in [5, 5.41) is 3.00. The summed E-state index contributed by atoms with van der Waals surface area (Å²) in [4.78, 5) is 21.7. The van der Waals surface area contributed by atoms with Gasteiger partial charge in [-0.15, -0.1) is 5.47 Å². The van der Waals surface area contributed by atoms with E-state index in [0.29, 0.717) is 5.82 Å². The van der Waals surface area contributed by atoms with Gasteiger partial charge in [0.25, 0.3) is 0 Å². The topological polar surface area (TPSA) is 54.9 Å². The van der Waals surface area contributed by atoms with Crippen LogP contribution < -0.4 is 5.32 Å². The van der Waals surface area contributed by atoms with Crippen LogP contribution in [0.1, 0.15) is 60.9 Å². The average molecular weight is 415 g/mol. The highest BCUT2D eigenvalue weighted by molar-refractivity contribution is 7.81. The Bertz CT molecular complexity index is 1030. The van der Waals surface area contributed by atoms with Gasteiger partial charge in [0.2, 0.25) is 5.91 Å². The van der Waals surface area contributed by atoms with E-state index < -0.39 is 0 Å². The standard InChI is InChI=1S/C24H26BN3OS/c1-15-2-5-21(27-14-15)28-22(29)19-13-23(19)7-9-24(30,10-8-23)18-6-11-26-20-4-3-16(25)12-17(18)20/h2,5-6,11-12,14,19,30H,3-4,7-10,13H2,1H3,(H,27,28,29)/t19-,23?,24?/m1/s1. The van der Waals surface area contributed by atoms with Gasteiger partial charge in [0.05, 0.1) is 0 Å². The molecule has 2 fully saturated rings. The Balaban J connectivity index is 1.28. The third-order valence-electron chi connectivity index (χ3n) is 7.30. The van der Waals surface area contributed by atoms with Crippen molar-refractivity contribution in [2.75, 3.05) is 5.32 Å². The Morgan fingerprint density at radius 3 is 2.70 bits per heavy atom. The number of pyridine rings is 2. The Morgan fingerprint density at radius 1 is 1.17 bits per heavy atom. The fourth-order valence-electron chi connectivity index (χ4n) is 5.26. The monoisotopic (exact) mass is 415 g/mol. The SMILES string of the molecule is [B]C1=Cc2c(C3(S)CCC4(CC3)C[C@@H]4C(=O)Nc3ccc(C)cn3)ccnc2CC1. The molecular formula is C24H26BN3OS. The molecule has 1 N–H and O–H groups in total. The summed E-state index contributed by atoms with van der Waals surface area (Å²) in [5.41, 5.74) is 5.68. The number of carbonyl (C=O) groups is 1. The highest BCUT2D eigenvalue weighted by atomic mass is 32.1. The van der Waals surface area contributed by atoms with Crippen LogP contribution >= 0.6 is 12.6 Å². The minimum Gasteiger partial charge on any atom is -0.310 e. The van der Waals surface area contributed by atoms with Gasteiger partial charge in [0, 0.05) is 28.8 Å². The van der Waals surface area contributed by atoms with Gasteiger partial charge >= 0.3 is 0 Å². The maximum absolute atomic E-state index is 12.8. The van der Waals surface area contributed by atoms with Crippen molar-refractivity contribution < 1.29 is 4.79 Å². The maximum atomic E-state index is 12.8. The van der Waals surface area contributed by atoms with Crippen LogP contribution in [0.15, 0.2) is 36.1 Å². The minimum atomic E-state index is -0.186. The average Bonchev–Trinajstić information content (AvgIpc) is 3.46. The lowest BCUT2D eigenvalue weighted by Gasteiger charge is -2.39. The fraction of sp³-hybridized carbons (Fsp3) is 0.458. The summed E-state index contributed by atoms with van der Waals surface area (Å²) in [6, 6.07) is 5.95. The van der Waals surface area contributed by atoms with Crippen molar-refractivity contribution in [2.45, 2.75) is 56.6 Å². The van der Waals surface area contributed by atoms with E-state index in [0.717, 1.165) is 61.7 Å². The molecule has 0 aromatic carbocycles. The molecule has 2 aromatic heterocycles. The second-order valence-corrected chi connectivity index (χ2v) is 10.2. The van der Waals surface area contributed by atoms with Crippen molar-refractivity contribution in [3.05, 3.63) is 58.4 Å². The minimum absolute atomic E-state index is 0.0837. The summed E-state index contributed by atoms with van der Waals surface area (Å²) in [6.07, 6.45) is 12.5. The number of amides is 1. The van der Waals surface area contributed by atoms with E-state index in [1.165, 1.54) is 11.1 Å². The summed E-state index contributed by atoms with van der Waals surface area (Å²) in [6.45, 7) is 1.99. The molecule has 6 heteroatoms. The van der Waals surface area contributed by atoms with Crippen LogP contribution in [0.2, 0.25) is 0 Å². The van der Waals surface area contributed by atoms with Gasteiger partial charge in [0.1, 0.15) is 13.7 Å². The van der Waals surface area contributed by atoms with Crippen LogP contribution in [-0.2, 0) is 16.0 Å². The van der Waals surface area contributed by atoms with E-state index in [1.54, 1.807) is 6.20 Å². The first kappa shape index (κ1) is 19.9. The van der Waals surface area contributed by atoms with Crippen molar-refractivity contribution >= 4 is 38.3 Å². The molecule has 4 nitrogen and oxygen atoms in total. The number of fused-ring (bicyclic) bond motifs is 1. The van der Waals surface area contributed by atoms with Crippen LogP contribution in [0, 0.1) is 18.3 Å². The normalized spacial score (nSPS) is 29.8. The zero-order chi connectivity index (χ0) is 20.9. The summed E-state index contributed by atoms with van der Waals surface area (Å²) < 4.78 is -0.186. The molecule has 0 aliphatic heterocycles. The first-order chi connectivity index (χ1) is 14.4. The van der Waals surface area contributed by atoms with Gasteiger partial charge in [-0.2, -0.15) is 12.6 Å². The number of rotatable bonds is 3. The molecule has 0 saturated heterocycles. The van der Waals surface area contributed by atoms with Crippen LogP contribution in [-0.4, -0.2) is 23.7 Å². The Labute approximate surface area is 184 Å². The van der Waals surface area contributed by atoms with Crippen LogP contribution in [0.3, 0.4) is 0 Å². The maximum Gasteiger partial charge on any atom is 0.229 e. The van der Waals surface area contributed by atoms with Crippen molar-refractivity contribution in [3.8, 4) is 0 Å². The third kappa shape index (κ3) is 3.49. The van der Waals surface area contributed by atoms with Crippen LogP contribution in [0.4, 0.5) is 5.82 Å². The van der Waals surface area contributed by atoms with Crippen molar-refractivity contribution in [3.63, 3.8) is 0 Å². The largest absolute Gasteiger partial charge is 0.310 e. The molecule has 1 amide bonds. The van der Waals surface area contributed by atoms with Crippen molar-refractivity contribution in [1.29, 1.82) is 0 Å². The lowest BCUT2D eigenvalue weighted by atomic mass is 9.72. The first-order valence-corrected chi connectivity index (χ1v) is 11.2. The van der Waals surface area contributed by atoms with Crippen molar-refractivity contribution in [1.82, 2.24) is 9.97 Å². The smallest absolute Gasteiger partial charge is 0.229 e. The second kappa shape index (κ2) is 7.26. The van der Waals surface area contributed by atoms with Crippen LogP contribution in [0.25, 0.3) is 6.08 Å². The van der Waals surface area contributed by atoms with Gasteiger partial charge in [-0.05, 0) is 86.1 Å². The highest BCUT2D eigenvalue weighted by Crippen LogP contribution is 2.65. The van der Waals surface area contributed by atoms with Gasteiger partial charge in [-0.1, -0.05) is 12.1 Å². The number of nitrogens with zero attached hydrogens (tertiary/aromatic N) is 2. The molecule has 30 heavy (non-hydrogen) atoms. The lowest BCUT2D eigenvalue weighted by Crippen LogP contribution is -2.31. The Morgan fingerprint density at radius 2 is 1.97 bits per heavy atom. The molecule has 3 aliphatic carbocycles. The molecule has 0 bridgehead atoms. The zero-order valence-electron chi connectivity index (χ0n) is 17.3. The quantitative estimate of drug-likeness (QED) is 0.570. The number of carbonyl (C=O) groups excluding carboxylic acids is 1. The Kier molecular flexibility index (Phi) is 4.81. The summed E-state index contributed by atoms with van der Waals surface area (Å²) in [5.74, 6) is 0.829. The number of nitrogens with one attached hydrogen (secondary N) is 1. The lowest BCUT2D eigenvalue weighted by molar-refractivity contribution is -0.118. The van der Waals surface area contributed by atoms with E-state index in [4.69, 9.17) is 20.5 Å².